The summed E-state index contributed by atoms with van der Waals surface area (Å²) in [6.45, 7) is 3.61. The number of aromatic nitrogens is 2. The molecule has 3 amide bonds. The van der Waals surface area contributed by atoms with E-state index < -0.39 is 0 Å². The number of hydrogen-bond donors (Lipinski definition) is 1. The Labute approximate surface area is 179 Å². The molecule has 1 fully saturated rings. The lowest BCUT2D eigenvalue weighted by atomic mass is 9.85. The van der Waals surface area contributed by atoms with E-state index >= 15 is 0 Å². The Hall–Kier alpha value is -3.00. The first-order chi connectivity index (χ1) is 14.4. The number of amides is 3. The third-order valence-corrected chi connectivity index (χ3v) is 6.08. The fraction of sp³-hybridized carbons (Fsp3) is 0.318. The number of allylic oxidation sites excluding steroid dienone is 2. The number of imide groups is 1. The van der Waals surface area contributed by atoms with Crippen LogP contribution in [0, 0.1) is 25.7 Å². The van der Waals surface area contributed by atoms with Gasteiger partial charge in [0.15, 0.2) is 5.16 Å². The highest BCUT2D eigenvalue weighted by atomic mass is 32.2. The van der Waals surface area contributed by atoms with Crippen LogP contribution in [0.5, 0.6) is 0 Å². The van der Waals surface area contributed by atoms with E-state index in [9.17, 15) is 14.4 Å². The summed E-state index contributed by atoms with van der Waals surface area (Å²) in [5.41, 5.74) is 2.43. The van der Waals surface area contributed by atoms with Gasteiger partial charge in [0.25, 0.3) is 0 Å². The van der Waals surface area contributed by atoms with E-state index in [0.717, 1.165) is 21.2 Å². The van der Waals surface area contributed by atoms with Crippen LogP contribution in [0.4, 0.5) is 5.69 Å². The van der Waals surface area contributed by atoms with Gasteiger partial charge < -0.3 is 5.32 Å². The monoisotopic (exact) mass is 422 g/mol. The number of nitrogens with one attached hydrogen (secondary N) is 1. The SMILES string of the molecule is Cc1cc(C)nc(Sc2ccc(NC(=O)CN3C(=O)C4CC=CCC4C3=O)cc2)n1. The molecule has 2 unspecified atom stereocenters. The largest absolute Gasteiger partial charge is 0.325 e. The number of benzene rings is 1. The molecule has 0 saturated carbocycles. The molecule has 7 nitrogen and oxygen atoms in total. The quantitative estimate of drug-likeness (QED) is 0.452. The van der Waals surface area contributed by atoms with Crippen LogP contribution in [-0.4, -0.2) is 39.1 Å². The Kier molecular flexibility index (Phi) is 5.67. The lowest BCUT2D eigenvalue weighted by Crippen LogP contribution is -2.38. The van der Waals surface area contributed by atoms with Crippen LogP contribution < -0.4 is 5.32 Å². The number of likely N-dealkylation sites (tertiary alicyclic amines) is 1. The van der Waals surface area contributed by atoms with Crippen molar-refractivity contribution in [1.29, 1.82) is 0 Å². The van der Waals surface area contributed by atoms with E-state index in [0.29, 0.717) is 23.7 Å². The molecule has 154 valence electrons. The first-order valence-corrected chi connectivity index (χ1v) is 10.6. The van der Waals surface area contributed by atoms with Gasteiger partial charge in [-0.15, -0.1) is 0 Å². The van der Waals surface area contributed by atoms with Gasteiger partial charge in [-0.05, 0) is 68.8 Å². The van der Waals surface area contributed by atoms with Gasteiger partial charge in [-0.25, -0.2) is 9.97 Å². The Bertz CT molecular complexity index is 989. The summed E-state index contributed by atoms with van der Waals surface area (Å²) in [6.07, 6.45) is 4.99. The van der Waals surface area contributed by atoms with Crippen molar-refractivity contribution in [2.45, 2.75) is 36.7 Å². The van der Waals surface area contributed by atoms with Crippen molar-refractivity contribution in [3.8, 4) is 0 Å². The number of carbonyl (C=O) groups is 3. The minimum atomic E-state index is -0.388. The Morgan fingerprint density at radius 3 is 2.17 bits per heavy atom. The summed E-state index contributed by atoms with van der Waals surface area (Å²) in [6, 6.07) is 9.21. The van der Waals surface area contributed by atoms with Crippen LogP contribution in [0.1, 0.15) is 24.2 Å². The summed E-state index contributed by atoms with van der Waals surface area (Å²) in [5.74, 6) is -1.52. The van der Waals surface area contributed by atoms with Gasteiger partial charge >= 0.3 is 0 Å². The van der Waals surface area contributed by atoms with E-state index in [1.807, 2.05) is 44.2 Å². The molecule has 8 heteroatoms. The molecule has 1 aliphatic carbocycles. The fourth-order valence-corrected chi connectivity index (χ4v) is 4.68. The molecule has 0 radical (unpaired) electrons. The second kappa shape index (κ2) is 8.39. The average molecular weight is 423 g/mol. The maximum absolute atomic E-state index is 12.5. The standard InChI is InChI=1S/C22H22N4O3S/c1-13-11-14(2)24-22(23-13)30-16-9-7-15(8-10-16)25-19(27)12-26-20(28)17-5-3-4-6-18(17)21(26)29/h3-4,7-11,17-18H,5-6,12H2,1-2H3,(H,25,27). The number of hydrogen-bond acceptors (Lipinski definition) is 6. The Balaban J connectivity index is 1.36. The van der Waals surface area contributed by atoms with Crippen molar-refractivity contribution in [1.82, 2.24) is 14.9 Å². The van der Waals surface area contributed by atoms with Gasteiger partial charge in [0.05, 0.1) is 11.8 Å². The van der Waals surface area contributed by atoms with Crippen LogP contribution in [-0.2, 0) is 14.4 Å². The number of nitrogens with zero attached hydrogens (tertiary/aromatic N) is 3. The summed E-state index contributed by atoms with van der Waals surface area (Å²) in [7, 11) is 0. The first kappa shape index (κ1) is 20.3. The smallest absolute Gasteiger partial charge is 0.244 e. The number of anilines is 1. The third-order valence-electron chi connectivity index (χ3n) is 5.21. The van der Waals surface area contributed by atoms with E-state index in [1.165, 1.54) is 11.8 Å². The van der Waals surface area contributed by atoms with Crippen molar-refractivity contribution >= 4 is 35.2 Å². The van der Waals surface area contributed by atoms with E-state index in [1.54, 1.807) is 12.1 Å². The molecular formula is C22H22N4O3S. The summed E-state index contributed by atoms with van der Waals surface area (Å²) in [4.78, 5) is 48.2. The van der Waals surface area contributed by atoms with E-state index in [-0.39, 0.29) is 36.1 Å². The van der Waals surface area contributed by atoms with Crippen LogP contribution in [0.25, 0.3) is 0 Å². The van der Waals surface area contributed by atoms with Gasteiger partial charge in [0.2, 0.25) is 17.7 Å². The van der Waals surface area contributed by atoms with Crippen LogP contribution in [0.3, 0.4) is 0 Å². The van der Waals surface area contributed by atoms with Gasteiger partial charge in [-0.2, -0.15) is 0 Å². The molecule has 1 aromatic carbocycles. The third kappa shape index (κ3) is 4.28. The molecule has 2 heterocycles. The topological polar surface area (TPSA) is 92.3 Å². The molecule has 0 bridgehead atoms. The van der Waals surface area contributed by atoms with Gasteiger partial charge in [-0.1, -0.05) is 12.2 Å². The maximum atomic E-state index is 12.5. The van der Waals surface area contributed by atoms with Gasteiger partial charge in [0.1, 0.15) is 6.54 Å². The zero-order valence-electron chi connectivity index (χ0n) is 16.8. The molecule has 1 aromatic heterocycles. The molecule has 1 N–H and O–H groups in total. The molecule has 30 heavy (non-hydrogen) atoms. The minimum absolute atomic E-state index is 0.246. The van der Waals surface area contributed by atoms with E-state index in [2.05, 4.69) is 15.3 Å². The highest BCUT2D eigenvalue weighted by molar-refractivity contribution is 7.99. The zero-order valence-corrected chi connectivity index (χ0v) is 17.6. The highest BCUT2D eigenvalue weighted by Gasteiger charge is 2.47. The Morgan fingerprint density at radius 2 is 1.60 bits per heavy atom. The highest BCUT2D eigenvalue weighted by Crippen LogP contribution is 2.35. The van der Waals surface area contributed by atoms with Crippen molar-refractivity contribution in [3.05, 3.63) is 53.9 Å². The average Bonchev–Trinajstić information content (AvgIpc) is 2.94. The molecule has 2 aliphatic rings. The van der Waals surface area contributed by atoms with Crippen molar-refractivity contribution in [3.63, 3.8) is 0 Å². The van der Waals surface area contributed by atoms with Crippen LogP contribution >= 0.6 is 11.8 Å². The van der Waals surface area contributed by atoms with Crippen molar-refractivity contribution in [2.24, 2.45) is 11.8 Å². The second-order valence-corrected chi connectivity index (χ2v) is 8.57. The zero-order chi connectivity index (χ0) is 21.3. The van der Waals surface area contributed by atoms with Crippen LogP contribution in [0.2, 0.25) is 0 Å². The van der Waals surface area contributed by atoms with Crippen molar-refractivity contribution in [2.75, 3.05) is 11.9 Å². The summed E-state index contributed by atoms with van der Waals surface area (Å²) < 4.78 is 0. The predicted octanol–water partition coefficient (Wildman–Crippen LogP) is 3.13. The first-order valence-electron chi connectivity index (χ1n) is 9.81. The molecular weight excluding hydrogens is 400 g/mol. The number of aryl methyl sites for hydroxylation is 2. The summed E-state index contributed by atoms with van der Waals surface area (Å²) in [5, 5.41) is 3.43. The molecule has 1 saturated heterocycles. The van der Waals surface area contributed by atoms with Gasteiger partial charge in [-0.3, -0.25) is 19.3 Å². The Morgan fingerprint density at radius 1 is 1.03 bits per heavy atom. The van der Waals surface area contributed by atoms with Crippen molar-refractivity contribution < 1.29 is 14.4 Å². The summed E-state index contributed by atoms with van der Waals surface area (Å²) >= 11 is 1.44. The predicted molar refractivity (Wildman–Crippen MR) is 113 cm³/mol. The molecule has 2 aromatic rings. The maximum Gasteiger partial charge on any atom is 0.244 e. The van der Waals surface area contributed by atoms with E-state index in [4.69, 9.17) is 0 Å². The molecule has 0 spiro atoms. The number of fused-ring (bicyclic) bond motifs is 1. The van der Waals surface area contributed by atoms with Crippen LogP contribution in [0.15, 0.2) is 52.5 Å². The normalized spacial score (nSPS) is 20.4. The second-order valence-electron chi connectivity index (χ2n) is 7.53. The number of carbonyl (C=O) groups excluding carboxylic acids is 3. The lowest BCUT2D eigenvalue weighted by molar-refractivity contribution is -0.142. The molecule has 4 rings (SSSR count). The van der Waals surface area contributed by atoms with Gasteiger partial charge in [0, 0.05) is 22.0 Å². The lowest BCUT2D eigenvalue weighted by Gasteiger charge is -2.14. The molecule has 2 atom stereocenters. The minimum Gasteiger partial charge on any atom is -0.325 e. The molecule has 1 aliphatic heterocycles. The number of rotatable bonds is 5. The fourth-order valence-electron chi connectivity index (χ4n) is 3.82.